The molecule has 0 aliphatic carbocycles. The number of carbonyl (C=O) groups is 2. The van der Waals surface area contributed by atoms with Gasteiger partial charge in [0, 0.05) is 38.3 Å². The van der Waals surface area contributed by atoms with Crippen molar-refractivity contribution in [1.29, 1.82) is 0 Å². The molecular weight excluding hydrogens is 344 g/mol. The van der Waals surface area contributed by atoms with E-state index >= 15 is 0 Å². The number of primary amides is 1. The zero-order chi connectivity index (χ0) is 19.0. The fourth-order valence-corrected chi connectivity index (χ4v) is 4.23. The molecule has 2 saturated heterocycles. The van der Waals surface area contributed by atoms with Gasteiger partial charge in [0.15, 0.2) is 0 Å². The van der Waals surface area contributed by atoms with Crippen LogP contribution in [0.2, 0.25) is 0 Å². The van der Waals surface area contributed by atoms with E-state index in [9.17, 15) is 9.59 Å². The number of hydrogen-bond donors (Lipinski definition) is 1. The maximum atomic E-state index is 12.2. The van der Waals surface area contributed by atoms with Gasteiger partial charge in [0.2, 0.25) is 11.8 Å². The second kappa shape index (κ2) is 7.23. The molecule has 2 aromatic rings. The highest BCUT2D eigenvalue weighted by Gasteiger charge is 2.36. The summed E-state index contributed by atoms with van der Waals surface area (Å²) in [6.07, 6.45) is 4.75. The number of aromatic nitrogens is 1. The zero-order valence-electron chi connectivity index (χ0n) is 15.6. The van der Waals surface area contributed by atoms with Crippen molar-refractivity contribution < 1.29 is 14.3 Å². The summed E-state index contributed by atoms with van der Waals surface area (Å²) in [6.45, 7) is 2.78. The summed E-state index contributed by atoms with van der Waals surface area (Å²) >= 11 is 0. The molecule has 2 N–H and O–H groups in total. The second-order valence-corrected chi connectivity index (χ2v) is 7.52. The molecule has 1 atom stereocenters. The molecule has 2 aliphatic rings. The van der Waals surface area contributed by atoms with Crippen LogP contribution in [0.1, 0.15) is 19.3 Å². The fraction of sp³-hybridized carbons (Fsp3) is 0.500. The lowest BCUT2D eigenvalue weighted by molar-refractivity contribution is -0.131. The van der Waals surface area contributed by atoms with Crippen molar-refractivity contribution in [3.63, 3.8) is 0 Å². The van der Waals surface area contributed by atoms with E-state index in [1.165, 1.54) is 0 Å². The van der Waals surface area contributed by atoms with Crippen LogP contribution in [0.25, 0.3) is 10.9 Å². The van der Waals surface area contributed by atoms with Crippen molar-refractivity contribution in [2.75, 3.05) is 26.7 Å². The van der Waals surface area contributed by atoms with Gasteiger partial charge < -0.3 is 19.9 Å². The lowest BCUT2D eigenvalue weighted by Crippen LogP contribution is -2.47. The third-order valence-electron chi connectivity index (χ3n) is 5.71. The van der Waals surface area contributed by atoms with Crippen LogP contribution in [0.4, 0.5) is 0 Å². The Morgan fingerprint density at radius 1 is 1.19 bits per heavy atom. The summed E-state index contributed by atoms with van der Waals surface area (Å²) in [5.74, 6) is 0.721. The van der Waals surface area contributed by atoms with Gasteiger partial charge in [0.25, 0.3) is 0 Å². The van der Waals surface area contributed by atoms with Gasteiger partial charge in [-0.15, -0.1) is 0 Å². The average molecular weight is 370 g/mol. The Morgan fingerprint density at radius 2 is 1.96 bits per heavy atom. The predicted molar refractivity (Wildman–Crippen MR) is 102 cm³/mol. The number of amides is 2. The van der Waals surface area contributed by atoms with Crippen LogP contribution >= 0.6 is 0 Å². The standard InChI is InChI=1S/C20H26N4O3/c1-22-9-8-17(20(22)26)23-10-5-14(6-11-23)27-18-4-2-3-16-15(18)7-12-24(16)13-19(21)25/h2-4,7,12,14,17H,5-6,8-11,13H2,1H3,(H2,21,25). The van der Waals surface area contributed by atoms with E-state index in [-0.39, 0.29) is 30.5 Å². The Balaban J connectivity index is 1.41. The van der Waals surface area contributed by atoms with E-state index in [4.69, 9.17) is 10.5 Å². The zero-order valence-corrected chi connectivity index (χ0v) is 15.6. The number of nitrogens with zero attached hydrogens (tertiary/aromatic N) is 3. The SMILES string of the molecule is CN1CCC(N2CCC(Oc3cccc4c3ccn4CC(N)=O)CC2)C1=O. The largest absolute Gasteiger partial charge is 0.490 e. The lowest BCUT2D eigenvalue weighted by Gasteiger charge is -2.35. The van der Waals surface area contributed by atoms with Crippen molar-refractivity contribution >= 4 is 22.7 Å². The minimum absolute atomic E-state index is 0.0437. The van der Waals surface area contributed by atoms with Gasteiger partial charge >= 0.3 is 0 Å². The molecule has 144 valence electrons. The highest BCUT2D eigenvalue weighted by Crippen LogP contribution is 2.30. The monoisotopic (exact) mass is 370 g/mol. The van der Waals surface area contributed by atoms with Crippen LogP contribution in [0.15, 0.2) is 30.5 Å². The fourth-order valence-electron chi connectivity index (χ4n) is 4.23. The Kier molecular flexibility index (Phi) is 4.78. The number of rotatable bonds is 5. The van der Waals surface area contributed by atoms with Crippen molar-refractivity contribution in [1.82, 2.24) is 14.4 Å². The van der Waals surface area contributed by atoms with Gasteiger partial charge in [-0.25, -0.2) is 0 Å². The molecule has 0 radical (unpaired) electrons. The number of likely N-dealkylation sites (N-methyl/N-ethyl adjacent to an activating group) is 1. The first-order chi connectivity index (χ1) is 13.0. The summed E-state index contributed by atoms with van der Waals surface area (Å²) in [4.78, 5) is 27.6. The molecule has 2 fully saturated rings. The first-order valence-corrected chi connectivity index (χ1v) is 9.55. The molecular formula is C20H26N4O3. The number of hydrogen-bond acceptors (Lipinski definition) is 4. The number of carbonyl (C=O) groups excluding carboxylic acids is 2. The molecule has 0 bridgehead atoms. The number of ether oxygens (including phenoxy) is 1. The van der Waals surface area contributed by atoms with Crippen LogP contribution in [0.5, 0.6) is 5.75 Å². The number of nitrogens with two attached hydrogens (primary N) is 1. The maximum absolute atomic E-state index is 12.2. The third kappa shape index (κ3) is 3.51. The van der Waals surface area contributed by atoms with Gasteiger partial charge in [-0.3, -0.25) is 14.5 Å². The number of piperidine rings is 1. The molecule has 1 aromatic carbocycles. The average Bonchev–Trinajstić information content (AvgIpc) is 3.20. The van der Waals surface area contributed by atoms with Gasteiger partial charge in [-0.1, -0.05) is 6.07 Å². The second-order valence-electron chi connectivity index (χ2n) is 7.52. The molecule has 0 saturated carbocycles. The molecule has 2 aliphatic heterocycles. The first-order valence-electron chi connectivity index (χ1n) is 9.55. The van der Waals surface area contributed by atoms with Crippen LogP contribution in [0, 0.1) is 0 Å². The van der Waals surface area contributed by atoms with E-state index in [0.29, 0.717) is 0 Å². The summed E-state index contributed by atoms with van der Waals surface area (Å²) < 4.78 is 8.14. The summed E-state index contributed by atoms with van der Waals surface area (Å²) in [6, 6.07) is 7.89. The van der Waals surface area contributed by atoms with Crippen molar-refractivity contribution in [3.8, 4) is 5.75 Å². The van der Waals surface area contributed by atoms with Gasteiger partial charge in [-0.2, -0.15) is 0 Å². The minimum Gasteiger partial charge on any atom is -0.490 e. The van der Waals surface area contributed by atoms with E-state index in [1.54, 1.807) is 0 Å². The summed E-state index contributed by atoms with van der Waals surface area (Å²) in [7, 11) is 1.88. The number of likely N-dealkylation sites (tertiary alicyclic amines) is 2. The van der Waals surface area contributed by atoms with E-state index in [1.807, 2.05) is 47.0 Å². The van der Waals surface area contributed by atoms with E-state index in [0.717, 1.165) is 55.5 Å². The maximum Gasteiger partial charge on any atom is 0.239 e. The third-order valence-corrected chi connectivity index (χ3v) is 5.71. The number of fused-ring (bicyclic) bond motifs is 1. The molecule has 27 heavy (non-hydrogen) atoms. The molecule has 4 rings (SSSR count). The minimum atomic E-state index is -0.363. The van der Waals surface area contributed by atoms with E-state index < -0.39 is 0 Å². The molecule has 0 spiro atoms. The summed E-state index contributed by atoms with van der Waals surface area (Å²) in [5.41, 5.74) is 6.27. The van der Waals surface area contributed by atoms with Crippen LogP contribution < -0.4 is 10.5 Å². The summed E-state index contributed by atoms with van der Waals surface area (Å²) in [5, 5.41) is 0.994. The highest BCUT2D eigenvalue weighted by atomic mass is 16.5. The van der Waals surface area contributed by atoms with Gasteiger partial charge in [0.1, 0.15) is 18.4 Å². The molecule has 7 nitrogen and oxygen atoms in total. The van der Waals surface area contributed by atoms with E-state index in [2.05, 4.69) is 4.90 Å². The van der Waals surface area contributed by atoms with Crippen LogP contribution in [-0.4, -0.2) is 65.0 Å². The van der Waals surface area contributed by atoms with Gasteiger partial charge in [-0.05, 0) is 37.5 Å². The molecule has 7 heteroatoms. The lowest BCUT2D eigenvalue weighted by atomic mass is 10.0. The normalized spacial score (nSPS) is 21.9. The molecule has 1 aromatic heterocycles. The van der Waals surface area contributed by atoms with Crippen molar-refractivity contribution in [2.24, 2.45) is 5.73 Å². The van der Waals surface area contributed by atoms with Crippen LogP contribution in [-0.2, 0) is 16.1 Å². The number of benzene rings is 1. The highest BCUT2D eigenvalue weighted by molar-refractivity contribution is 5.88. The molecule has 3 heterocycles. The Bertz CT molecular complexity index is 854. The van der Waals surface area contributed by atoms with Crippen molar-refractivity contribution in [3.05, 3.63) is 30.5 Å². The Labute approximate surface area is 158 Å². The molecule has 1 unspecified atom stereocenters. The van der Waals surface area contributed by atoms with Crippen molar-refractivity contribution in [2.45, 2.75) is 38.0 Å². The Morgan fingerprint density at radius 3 is 2.63 bits per heavy atom. The first kappa shape index (κ1) is 17.9. The predicted octanol–water partition coefficient (Wildman–Crippen LogP) is 1.20. The quantitative estimate of drug-likeness (QED) is 0.858. The van der Waals surface area contributed by atoms with Crippen LogP contribution in [0.3, 0.4) is 0 Å². The van der Waals surface area contributed by atoms with Gasteiger partial charge in [0.05, 0.1) is 11.6 Å². The smallest absolute Gasteiger partial charge is 0.239 e. The Hall–Kier alpha value is -2.54. The molecule has 2 amide bonds. The topological polar surface area (TPSA) is 80.8 Å².